The third-order valence-corrected chi connectivity index (χ3v) is 4.87. The van der Waals surface area contributed by atoms with Crippen LogP contribution in [0.4, 0.5) is 5.69 Å². The molecule has 1 aromatic heterocycles. The summed E-state index contributed by atoms with van der Waals surface area (Å²) < 4.78 is 0. The zero-order valence-corrected chi connectivity index (χ0v) is 14.6. The Morgan fingerprint density at radius 1 is 1.08 bits per heavy atom. The molecule has 1 saturated carbocycles. The van der Waals surface area contributed by atoms with E-state index in [0.29, 0.717) is 22.4 Å². The van der Waals surface area contributed by atoms with Crippen molar-refractivity contribution in [3.05, 3.63) is 48.3 Å². The van der Waals surface area contributed by atoms with Gasteiger partial charge in [-0.15, -0.1) is 0 Å². The van der Waals surface area contributed by atoms with E-state index in [1.807, 2.05) is 0 Å². The Bertz CT molecular complexity index is 716. The second-order valence-corrected chi connectivity index (χ2v) is 6.84. The third kappa shape index (κ3) is 5.29. The number of anilines is 1. The van der Waals surface area contributed by atoms with Crippen molar-refractivity contribution in [1.29, 1.82) is 0 Å². The summed E-state index contributed by atoms with van der Waals surface area (Å²) in [7, 11) is 0. The number of thioether (sulfide) groups is 1. The molecule has 25 heavy (non-hydrogen) atoms. The van der Waals surface area contributed by atoms with E-state index in [2.05, 4.69) is 20.6 Å². The maximum atomic E-state index is 12.2. The van der Waals surface area contributed by atoms with Crippen LogP contribution in [0.5, 0.6) is 0 Å². The minimum absolute atomic E-state index is 0.0541. The molecule has 2 aromatic rings. The summed E-state index contributed by atoms with van der Waals surface area (Å²) in [4.78, 5) is 32.3. The van der Waals surface area contributed by atoms with Gasteiger partial charge in [-0.1, -0.05) is 24.6 Å². The molecule has 3 rings (SSSR count). The number of hydrogen-bond donors (Lipinski definition) is 2. The van der Waals surface area contributed by atoms with Gasteiger partial charge in [0.1, 0.15) is 0 Å². The van der Waals surface area contributed by atoms with Gasteiger partial charge < -0.3 is 10.6 Å². The molecule has 0 bridgehead atoms. The smallest absolute Gasteiger partial charge is 0.251 e. The highest BCUT2D eigenvalue weighted by Gasteiger charge is 2.17. The van der Waals surface area contributed by atoms with Crippen LogP contribution in [-0.4, -0.2) is 33.6 Å². The van der Waals surface area contributed by atoms with Crippen LogP contribution >= 0.6 is 11.8 Å². The zero-order valence-electron chi connectivity index (χ0n) is 13.8. The fraction of sp³-hybridized carbons (Fsp3) is 0.333. The zero-order chi connectivity index (χ0) is 17.5. The van der Waals surface area contributed by atoms with Gasteiger partial charge >= 0.3 is 0 Å². The van der Waals surface area contributed by atoms with E-state index < -0.39 is 0 Å². The van der Waals surface area contributed by atoms with E-state index in [0.717, 1.165) is 12.8 Å². The highest BCUT2D eigenvalue weighted by atomic mass is 32.2. The normalized spacial score (nSPS) is 14.2. The quantitative estimate of drug-likeness (QED) is 0.614. The van der Waals surface area contributed by atoms with Crippen molar-refractivity contribution >= 4 is 29.3 Å². The summed E-state index contributed by atoms with van der Waals surface area (Å²) in [6.45, 7) is 0. The molecule has 1 fully saturated rings. The van der Waals surface area contributed by atoms with Gasteiger partial charge in [0.25, 0.3) is 5.91 Å². The van der Waals surface area contributed by atoms with Crippen molar-refractivity contribution in [2.24, 2.45) is 0 Å². The molecule has 6 nitrogen and oxygen atoms in total. The monoisotopic (exact) mass is 356 g/mol. The number of carbonyl (C=O) groups excluding carboxylic acids is 2. The molecule has 0 radical (unpaired) electrons. The molecule has 0 saturated heterocycles. The molecule has 0 spiro atoms. The Morgan fingerprint density at radius 3 is 2.44 bits per heavy atom. The number of carbonyl (C=O) groups is 2. The minimum Gasteiger partial charge on any atom is -0.349 e. The van der Waals surface area contributed by atoms with Crippen molar-refractivity contribution in [3.63, 3.8) is 0 Å². The molecular weight excluding hydrogens is 336 g/mol. The second kappa shape index (κ2) is 8.62. The molecule has 0 atom stereocenters. The molecule has 0 unspecified atom stereocenters. The summed E-state index contributed by atoms with van der Waals surface area (Å²) in [6, 6.07) is 8.97. The number of benzene rings is 1. The van der Waals surface area contributed by atoms with Gasteiger partial charge in [0.15, 0.2) is 5.16 Å². The van der Waals surface area contributed by atoms with E-state index >= 15 is 0 Å². The first-order valence-electron chi connectivity index (χ1n) is 8.31. The van der Waals surface area contributed by atoms with Gasteiger partial charge in [0.05, 0.1) is 5.75 Å². The van der Waals surface area contributed by atoms with Gasteiger partial charge in [0, 0.05) is 29.7 Å². The molecule has 1 aromatic carbocycles. The summed E-state index contributed by atoms with van der Waals surface area (Å²) in [5, 5.41) is 6.42. The summed E-state index contributed by atoms with van der Waals surface area (Å²) in [5.41, 5.74) is 1.27. The first-order valence-corrected chi connectivity index (χ1v) is 9.30. The van der Waals surface area contributed by atoms with Gasteiger partial charge in [-0.3, -0.25) is 9.59 Å². The maximum Gasteiger partial charge on any atom is 0.251 e. The summed E-state index contributed by atoms with van der Waals surface area (Å²) in [5.74, 6) is 0.0377. The number of amides is 2. The van der Waals surface area contributed by atoms with Crippen LogP contribution in [0.1, 0.15) is 36.0 Å². The Balaban J connectivity index is 1.48. The lowest BCUT2D eigenvalue weighted by Gasteiger charge is -2.12. The highest BCUT2D eigenvalue weighted by molar-refractivity contribution is 7.99. The van der Waals surface area contributed by atoms with Crippen molar-refractivity contribution in [2.75, 3.05) is 11.1 Å². The average molecular weight is 356 g/mol. The van der Waals surface area contributed by atoms with Crippen LogP contribution in [0.15, 0.2) is 47.9 Å². The SMILES string of the molecule is O=C(CSc1ncccn1)Nc1ccc(C(=O)NC2CCCC2)cc1. The highest BCUT2D eigenvalue weighted by Crippen LogP contribution is 2.18. The maximum absolute atomic E-state index is 12.2. The van der Waals surface area contributed by atoms with Crippen molar-refractivity contribution < 1.29 is 9.59 Å². The van der Waals surface area contributed by atoms with E-state index in [4.69, 9.17) is 0 Å². The Morgan fingerprint density at radius 2 is 1.76 bits per heavy atom. The van der Waals surface area contributed by atoms with Crippen LogP contribution in [0.2, 0.25) is 0 Å². The molecule has 7 heteroatoms. The van der Waals surface area contributed by atoms with Crippen molar-refractivity contribution in [1.82, 2.24) is 15.3 Å². The van der Waals surface area contributed by atoms with Crippen molar-refractivity contribution in [2.45, 2.75) is 36.9 Å². The molecule has 130 valence electrons. The molecule has 1 heterocycles. The third-order valence-electron chi connectivity index (χ3n) is 4.00. The van der Waals surface area contributed by atoms with Crippen LogP contribution in [0.25, 0.3) is 0 Å². The fourth-order valence-electron chi connectivity index (χ4n) is 2.73. The molecule has 1 aliphatic carbocycles. The number of hydrogen-bond acceptors (Lipinski definition) is 5. The van der Waals surface area contributed by atoms with E-state index in [-0.39, 0.29) is 17.6 Å². The molecule has 1 aliphatic rings. The first kappa shape index (κ1) is 17.4. The Labute approximate surface area is 150 Å². The van der Waals surface area contributed by atoms with E-state index in [1.165, 1.54) is 24.6 Å². The molecule has 2 amide bonds. The lowest BCUT2D eigenvalue weighted by Crippen LogP contribution is -2.32. The second-order valence-electron chi connectivity index (χ2n) is 5.90. The topological polar surface area (TPSA) is 84.0 Å². The number of aromatic nitrogens is 2. The lowest BCUT2D eigenvalue weighted by molar-refractivity contribution is -0.113. The number of nitrogens with one attached hydrogen (secondary N) is 2. The van der Waals surface area contributed by atoms with Gasteiger partial charge in [-0.2, -0.15) is 0 Å². The number of nitrogens with zero attached hydrogens (tertiary/aromatic N) is 2. The largest absolute Gasteiger partial charge is 0.349 e. The first-order chi connectivity index (χ1) is 12.2. The lowest BCUT2D eigenvalue weighted by atomic mass is 10.1. The summed E-state index contributed by atoms with van der Waals surface area (Å²) in [6.07, 6.45) is 7.76. The minimum atomic E-state index is -0.138. The van der Waals surface area contributed by atoms with Gasteiger partial charge in [0.2, 0.25) is 5.91 Å². The fourth-order valence-corrected chi connectivity index (χ4v) is 3.33. The van der Waals surface area contributed by atoms with E-state index in [9.17, 15) is 9.59 Å². The van der Waals surface area contributed by atoms with E-state index in [1.54, 1.807) is 42.7 Å². The molecule has 2 N–H and O–H groups in total. The standard InChI is InChI=1S/C18H20N4O2S/c23-16(12-25-18-19-10-3-11-20-18)21-15-8-6-13(7-9-15)17(24)22-14-4-1-2-5-14/h3,6-11,14H,1-2,4-5,12H2,(H,21,23)(H,22,24). The Hall–Kier alpha value is -2.41. The van der Waals surface area contributed by atoms with Gasteiger partial charge in [-0.25, -0.2) is 9.97 Å². The predicted molar refractivity (Wildman–Crippen MR) is 97.5 cm³/mol. The predicted octanol–water partition coefficient (Wildman–Crippen LogP) is 2.88. The molecule has 0 aliphatic heterocycles. The summed E-state index contributed by atoms with van der Waals surface area (Å²) >= 11 is 1.28. The van der Waals surface area contributed by atoms with Crippen LogP contribution in [0.3, 0.4) is 0 Å². The Kier molecular flexibility index (Phi) is 6.00. The average Bonchev–Trinajstić information content (AvgIpc) is 3.14. The van der Waals surface area contributed by atoms with Gasteiger partial charge in [-0.05, 0) is 43.2 Å². The number of rotatable bonds is 6. The molecular formula is C18H20N4O2S. The van der Waals surface area contributed by atoms with Crippen LogP contribution in [-0.2, 0) is 4.79 Å². The van der Waals surface area contributed by atoms with Crippen LogP contribution < -0.4 is 10.6 Å². The van der Waals surface area contributed by atoms with Crippen molar-refractivity contribution in [3.8, 4) is 0 Å². The van der Waals surface area contributed by atoms with Crippen LogP contribution in [0, 0.1) is 0 Å².